The molecule has 1 aromatic carbocycles. The number of hydrogen-bond acceptors (Lipinski definition) is 5. The number of nitriles is 1. The van der Waals surface area contributed by atoms with Gasteiger partial charge in [-0.05, 0) is 30.7 Å². The number of benzene rings is 1. The largest absolute Gasteiger partial charge is 0.360 e. The lowest BCUT2D eigenvalue weighted by atomic mass is 10.2. The van der Waals surface area contributed by atoms with Crippen LogP contribution in [0.15, 0.2) is 40.9 Å². The van der Waals surface area contributed by atoms with Gasteiger partial charge in [-0.25, -0.2) is 0 Å². The van der Waals surface area contributed by atoms with E-state index < -0.39 is 16.0 Å². The summed E-state index contributed by atoms with van der Waals surface area (Å²) in [6, 6.07) is 6.92. The maximum Gasteiger partial charge on any atom is 0.294 e. The van der Waals surface area contributed by atoms with E-state index >= 15 is 0 Å². The fraction of sp³-hybridized carbons (Fsp3) is 0.231. The Morgan fingerprint density at radius 1 is 1.36 bits per heavy atom. The van der Waals surface area contributed by atoms with E-state index in [9.17, 15) is 13.2 Å². The van der Waals surface area contributed by atoms with Crippen molar-refractivity contribution >= 4 is 33.3 Å². The Bertz CT molecular complexity index is 693. The van der Waals surface area contributed by atoms with Crippen LogP contribution in [-0.2, 0) is 14.9 Å². The first-order chi connectivity index (χ1) is 10.4. The summed E-state index contributed by atoms with van der Waals surface area (Å²) in [6.45, 7) is 0.365. The number of amides is 1. The first kappa shape index (κ1) is 18.0. The Kier molecular flexibility index (Phi) is 6.85. The molecule has 0 aromatic heterocycles. The van der Waals surface area contributed by atoms with Crippen molar-refractivity contribution in [1.29, 1.82) is 5.26 Å². The standard InChI is InChI=1S/C13H14ClN3O4S/c14-6-1-7-16-13(18)10(8-15)9-17-11-2-4-12(5-3-11)22(19,20)21/h2-5,9,17H,1,6-7H2,(H,16,18)(H,19,20,21)/b10-9-. The van der Waals surface area contributed by atoms with Crippen LogP contribution in [0, 0.1) is 11.3 Å². The summed E-state index contributed by atoms with van der Waals surface area (Å²) >= 11 is 5.48. The molecule has 0 saturated heterocycles. The van der Waals surface area contributed by atoms with E-state index in [1.807, 2.05) is 0 Å². The topological polar surface area (TPSA) is 119 Å². The van der Waals surface area contributed by atoms with Gasteiger partial charge >= 0.3 is 0 Å². The minimum atomic E-state index is -4.25. The number of anilines is 1. The normalized spacial score (nSPS) is 11.6. The third kappa shape index (κ3) is 5.73. The van der Waals surface area contributed by atoms with Crippen molar-refractivity contribution in [1.82, 2.24) is 5.32 Å². The fourth-order valence-electron chi connectivity index (χ4n) is 1.39. The van der Waals surface area contributed by atoms with E-state index in [2.05, 4.69) is 10.6 Å². The SMILES string of the molecule is N#C/C(=C/Nc1ccc(S(=O)(=O)O)cc1)C(=O)NCCCCl. The van der Waals surface area contributed by atoms with Gasteiger partial charge in [0.15, 0.2) is 0 Å². The average Bonchev–Trinajstić information content (AvgIpc) is 2.47. The monoisotopic (exact) mass is 343 g/mol. The van der Waals surface area contributed by atoms with E-state index in [-0.39, 0.29) is 10.5 Å². The molecule has 0 aliphatic heterocycles. The number of rotatable bonds is 7. The molecule has 0 aliphatic rings. The summed E-state index contributed by atoms with van der Waals surface area (Å²) in [5.41, 5.74) is 0.321. The number of nitrogens with zero attached hydrogens (tertiary/aromatic N) is 1. The Morgan fingerprint density at radius 2 is 2.00 bits per heavy atom. The molecule has 0 atom stereocenters. The second-order valence-corrected chi connectivity index (χ2v) is 5.91. The number of halogens is 1. The van der Waals surface area contributed by atoms with Gasteiger partial charge in [0.1, 0.15) is 11.6 Å². The minimum Gasteiger partial charge on any atom is -0.360 e. The van der Waals surface area contributed by atoms with Crippen LogP contribution < -0.4 is 10.6 Å². The van der Waals surface area contributed by atoms with Gasteiger partial charge in [0.2, 0.25) is 0 Å². The second-order valence-electron chi connectivity index (χ2n) is 4.11. The van der Waals surface area contributed by atoms with E-state index in [1.54, 1.807) is 6.07 Å². The number of alkyl halides is 1. The highest BCUT2D eigenvalue weighted by Crippen LogP contribution is 2.14. The molecular weight excluding hydrogens is 330 g/mol. The van der Waals surface area contributed by atoms with Crippen LogP contribution in [0.4, 0.5) is 5.69 Å². The summed E-state index contributed by atoms with van der Waals surface area (Å²) < 4.78 is 30.6. The summed E-state index contributed by atoms with van der Waals surface area (Å²) in [6.07, 6.45) is 1.80. The van der Waals surface area contributed by atoms with Gasteiger partial charge in [0.05, 0.1) is 4.90 Å². The minimum absolute atomic E-state index is 0.131. The van der Waals surface area contributed by atoms with Crippen molar-refractivity contribution in [2.75, 3.05) is 17.7 Å². The van der Waals surface area contributed by atoms with Gasteiger partial charge in [-0.2, -0.15) is 13.7 Å². The van der Waals surface area contributed by atoms with Crippen LogP contribution >= 0.6 is 11.6 Å². The van der Waals surface area contributed by atoms with Crippen molar-refractivity contribution in [2.24, 2.45) is 0 Å². The molecule has 0 radical (unpaired) electrons. The number of nitrogens with one attached hydrogen (secondary N) is 2. The lowest BCUT2D eigenvalue weighted by molar-refractivity contribution is -0.117. The van der Waals surface area contributed by atoms with Crippen molar-refractivity contribution in [3.63, 3.8) is 0 Å². The lowest BCUT2D eigenvalue weighted by Gasteiger charge is -2.05. The van der Waals surface area contributed by atoms with Gasteiger partial charge < -0.3 is 10.6 Å². The van der Waals surface area contributed by atoms with Gasteiger partial charge in [-0.1, -0.05) is 0 Å². The molecule has 0 heterocycles. The third-order valence-corrected chi connectivity index (χ3v) is 3.63. The third-order valence-electron chi connectivity index (χ3n) is 2.50. The molecule has 0 aliphatic carbocycles. The zero-order valence-electron chi connectivity index (χ0n) is 11.4. The van der Waals surface area contributed by atoms with Crippen molar-refractivity contribution < 1.29 is 17.8 Å². The predicted octanol–water partition coefficient (Wildman–Crippen LogP) is 1.50. The Balaban J connectivity index is 2.72. The van der Waals surface area contributed by atoms with Crippen LogP contribution in [0.2, 0.25) is 0 Å². The average molecular weight is 344 g/mol. The number of carbonyl (C=O) groups excluding carboxylic acids is 1. The van der Waals surface area contributed by atoms with E-state index in [4.69, 9.17) is 21.4 Å². The summed E-state index contributed by atoms with van der Waals surface area (Å²) in [7, 11) is -4.25. The maximum atomic E-state index is 11.7. The highest BCUT2D eigenvalue weighted by Gasteiger charge is 2.09. The summed E-state index contributed by atoms with van der Waals surface area (Å²) in [4.78, 5) is 11.4. The Hall–Kier alpha value is -2.08. The molecule has 22 heavy (non-hydrogen) atoms. The first-order valence-electron chi connectivity index (χ1n) is 6.17. The van der Waals surface area contributed by atoms with Crippen molar-refractivity contribution in [3.05, 3.63) is 36.0 Å². The molecule has 0 spiro atoms. The quantitative estimate of drug-likeness (QED) is 0.227. The van der Waals surface area contributed by atoms with Crippen LogP contribution in [0.3, 0.4) is 0 Å². The molecule has 0 bridgehead atoms. The van der Waals surface area contributed by atoms with Crippen LogP contribution in [0.25, 0.3) is 0 Å². The molecule has 118 valence electrons. The van der Waals surface area contributed by atoms with Gasteiger partial charge in [-0.15, -0.1) is 11.6 Å². The Labute approximate surface area is 133 Å². The molecule has 0 fully saturated rings. The number of hydrogen-bond donors (Lipinski definition) is 3. The second kappa shape index (κ2) is 8.38. The Morgan fingerprint density at radius 3 is 2.50 bits per heavy atom. The van der Waals surface area contributed by atoms with Crippen LogP contribution in [-0.4, -0.2) is 31.3 Å². The smallest absolute Gasteiger partial charge is 0.294 e. The van der Waals surface area contributed by atoms with Crippen LogP contribution in [0.1, 0.15) is 6.42 Å². The number of carbonyl (C=O) groups is 1. The predicted molar refractivity (Wildman–Crippen MR) is 81.9 cm³/mol. The zero-order chi connectivity index (χ0) is 16.6. The molecule has 0 unspecified atom stereocenters. The van der Waals surface area contributed by atoms with E-state index in [0.717, 1.165) is 0 Å². The summed E-state index contributed by atoms with van der Waals surface area (Å²) in [5, 5.41) is 14.2. The molecule has 1 aromatic rings. The maximum absolute atomic E-state index is 11.7. The zero-order valence-corrected chi connectivity index (χ0v) is 13.0. The lowest BCUT2D eigenvalue weighted by Crippen LogP contribution is -2.26. The van der Waals surface area contributed by atoms with Gasteiger partial charge in [0, 0.05) is 24.3 Å². The van der Waals surface area contributed by atoms with Gasteiger partial charge in [0.25, 0.3) is 16.0 Å². The summed E-state index contributed by atoms with van der Waals surface area (Å²) in [5.74, 6) is -0.126. The highest BCUT2D eigenvalue weighted by atomic mass is 35.5. The molecule has 9 heteroatoms. The molecule has 1 rings (SSSR count). The molecule has 0 saturated carbocycles. The van der Waals surface area contributed by atoms with Crippen molar-refractivity contribution in [3.8, 4) is 6.07 Å². The highest BCUT2D eigenvalue weighted by molar-refractivity contribution is 7.85. The van der Waals surface area contributed by atoms with E-state index in [0.29, 0.717) is 24.5 Å². The molecule has 1 amide bonds. The molecule has 7 nitrogen and oxygen atoms in total. The van der Waals surface area contributed by atoms with Gasteiger partial charge in [-0.3, -0.25) is 9.35 Å². The molecule has 3 N–H and O–H groups in total. The van der Waals surface area contributed by atoms with E-state index in [1.165, 1.54) is 30.5 Å². The van der Waals surface area contributed by atoms with Crippen molar-refractivity contribution in [2.45, 2.75) is 11.3 Å². The van der Waals surface area contributed by atoms with Crippen LogP contribution in [0.5, 0.6) is 0 Å². The molecular formula is C13H14ClN3O4S. The first-order valence-corrected chi connectivity index (χ1v) is 8.14. The fourth-order valence-corrected chi connectivity index (χ4v) is 2.00.